The number of ether oxygens (including phenoxy) is 1. The number of nitrogens with zero attached hydrogens (tertiary/aromatic N) is 1. The van der Waals surface area contributed by atoms with Gasteiger partial charge in [-0.15, -0.1) is 24.0 Å². The van der Waals surface area contributed by atoms with Crippen LogP contribution in [-0.4, -0.2) is 38.8 Å². The van der Waals surface area contributed by atoms with E-state index in [4.69, 9.17) is 4.74 Å². The number of rotatable bonds is 8. The van der Waals surface area contributed by atoms with Gasteiger partial charge in [-0.2, -0.15) is 0 Å². The van der Waals surface area contributed by atoms with Crippen LogP contribution in [-0.2, 0) is 4.74 Å². The molecule has 0 aromatic heterocycles. The van der Waals surface area contributed by atoms with Crippen molar-refractivity contribution in [3.8, 4) is 0 Å². The largest absolute Gasteiger partial charge is 0.378 e. The number of aliphatic imine (C=N–C) groups is 1. The minimum Gasteiger partial charge on any atom is -0.378 e. The molecule has 126 valence electrons. The van der Waals surface area contributed by atoms with Crippen molar-refractivity contribution in [2.75, 3.05) is 26.7 Å². The maximum Gasteiger partial charge on any atom is 0.190 e. The molecular formula is C16H34IN3O. The van der Waals surface area contributed by atoms with E-state index < -0.39 is 0 Å². The van der Waals surface area contributed by atoms with Crippen LogP contribution in [0, 0.1) is 5.92 Å². The second kappa shape index (κ2) is 13.6. The average Bonchev–Trinajstić information content (AvgIpc) is 2.46. The minimum absolute atomic E-state index is 0. The van der Waals surface area contributed by atoms with Gasteiger partial charge in [-0.05, 0) is 31.6 Å². The molecule has 1 aliphatic rings. The Hall–Kier alpha value is -0.0400. The van der Waals surface area contributed by atoms with Crippen molar-refractivity contribution in [2.24, 2.45) is 10.9 Å². The average molecular weight is 411 g/mol. The quantitative estimate of drug-likeness (QED) is 0.278. The molecular weight excluding hydrogens is 377 g/mol. The molecule has 1 fully saturated rings. The molecule has 0 unspecified atom stereocenters. The van der Waals surface area contributed by atoms with Gasteiger partial charge in [0.1, 0.15) is 0 Å². The smallest absolute Gasteiger partial charge is 0.190 e. The monoisotopic (exact) mass is 411 g/mol. The predicted octanol–water partition coefficient (Wildman–Crippen LogP) is 3.55. The summed E-state index contributed by atoms with van der Waals surface area (Å²) in [6.07, 6.45) is 9.32. The standard InChI is InChI=1S/C16H33N3O.HI/c1-14(2)10-12-19-16(17-3)18-11-7-13-20-15-8-5-4-6-9-15;/h14-15H,4-13H2,1-3H3,(H2,17,18,19);1H. The van der Waals surface area contributed by atoms with Gasteiger partial charge in [0, 0.05) is 26.7 Å². The highest BCUT2D eigenvalue weighted by molar-refractivity contribution is 14.0. The summed E-state index contributed by atoms with van der Waals surface area (Å²) in [6, 6.07) is 0. The van der Waals surface area contributed by atoms with E-state index >= 15 is 0 Å². The Morgan fingerprint density at radius 1 is 1.14 bits per heavy atom. The third-order valence-electron chi connectivity index (χ3n) is 3.76. The zero-order chi connectivity index (χ0) is 14.6. The van der Waals surface area contributed by atoms with Crippen LogP contribution in [0.4, 0.5) is 0 Å². The van der Waals surface area contributed by atoms with Crippen molar-refractivity contribution in [1.29, 1.82) is 0 Å². The fourth-order valence-corrected chi connectivity index (χ4v) is 2.46. The molecule has 0 saturated heterocycles. The van der Waals surface area contributed by atoms with E-state index in [9.17, 15) is 0 Å². The second-order valence-corrected chi connectivity index (χ2v) is 6.09. The van der Waals surface area contributed by atoms with Crippen molar-refractivity contribution in [2.45, 2.75) is 64.9 Å². The van der Waals surface area contributed by atoms with Gasteiger partial charge < -0.3 is 15.4 Å². The molecule has 1 rings (SSSR count). The maximum absolute atomic E-state index is 5.91. The van der Waals surface area contributed by atoms with Crippen LogP contribution in [0.25, 0.3) is 0 Å². The van der Waals surface area contributed by atoms with E-state index in [1.165, 1.54) is 38.5 Å². The Morgan fingerprint density at radius 2 is 1.81 bits per heavy atom. The molecule has 1 aliphatic carbocycles. The maximum atomic E-state index is 5.91. The Kier molecular flexibility index (Phi) is 13.6. The third kappa shape index (κ3) is 11.2. The van der Waals surface area contributed by atoms with Gasteiger partial charge in [-0.25, -0.2) is 0 Å². The summed E-state index contributed by atoms with van der Waals surface area (Å²) in [7, 11) is 1.82. The lowest BCUT2D eigenvalue weighted by Gasteiger charge is -2.22. The second-order valence-electron chi connectivity index (χ2n) is 6.09. The van der Waals surface area contributed by atoms with E-state index in [2.05, 4.69) is 29.5 Å². The lowest BCUT2D eigenvalue weighted by Crippen LogP contribution is -2.38. The van der Waals surface area contributed by atoms with Crippen molar-refractivity contribution < 1.29 is 4.74 Å². The Morgan fingerprint density at radius 3 is 2.43 bits per heavy atom. The summed E-state index contributed by atoms with van der Waals surface area (Å²) in [5.41, 5.74) is 0. The lowest BCUT2D eigenvalue weighted by atomic mass is 9.98. The predicted molar refractivity (Wildman–Crippen MR) is 102 cm³/mol. The molecule has 0 aromatic carbocycles. The topological polar surface area (TPSA) is 45.7 Å². The molecule has 0 aromatic rings. The zero-order valence-corrected chi connectivity index (χ0v) is 16.3. The summed E-state index contributed by atoms with van der Waals surface area (Å²) < 4.78 is 5.91. The van der Waals surface area contributed by atoms with Crippen molar-refractivity contribution in [1.82, 2.24) is 10.6 Å². The Bertz CT molecular complexity index is 266. The molecule has 0 atom stereocenters. The molecule has 0 bridgehead atoms. The zero-order valence-electron chi connectivity index (χ0n) is 14.0. The van der Waals surface area contributed by atoms with Gasteiger partial charge in [0.2, 0.25) is 0 Å². The Labute approximate surface area is 147 Å². The van der Waals surface area contributed by atoms with Gasteiger partial charge in [0.25, 0.3) is 0 Å². The summed E-state index contributed by atoms with van der Waals surface area (Å²) in [5, 5.41) is 6.68. The van der Waals surface area contributed by atoms with E-state index in [0.717, 1.165) is 38.0 Å². The van der Waals surface area contributed by atoms with Gasteiger partial charge >= 0.3 is 0 Å². The first-order valence-corrected chi connectivity index (χ1v) is 8.28. The third-order valence-corrected chi connectivity index (χ3v) is 3.76. The van der Waals surface area contributed by atoms with Crippen LogP contribution in [0.3, 0.4) is 0 Å². The normalized spacial score (nSPS) is 16.7. The van der Waals surface area contributed by atoms with E-state index in [1.807, 2.05) is 7.05 Å². The van der Waals surface area contributed by atoms with E-state index in [-0.39, 0.29) is 24.0 Å². The SMILES string of the molecule is CN=C(NCCCOC1CCCCC1)NCCC(C)C.I. The molecule has 0 aliphatic heterocycles. The first kappa shape index (κ1) is 21.0. The van der Waals surface area contributed by atoms with Gasteiger partial charge in [-0.3, -0.25) is 4.99 Å². The summed E-state index contributed by atoms with van der Waals surface area (Å²) in [6.45, 7) is 7.24. The summed E-state index contributed by atoms with van der Waals surface area (Å²) in [4.78, 5) is 4.23. The Balaban J connectivity index is 0.00000400. The number of hydrogen-bond donors (Lipinski definition) is 2. The molecule has 1 saturated carbocycles. The molecule has 0 spiro atoms. The van der Waals surface area contributed by atoms with Crippen molar-refractivity contribution in [3.63, 3.8) is 0 Å². The van der Waals surface area contributed by atoms with Crippen molar-refractivity contribution >= 4 is 29.9 Å². The van der Waals surface area contributed by atoms with Gasteiger partial charge in [0.15, 0.2) is 5.96 Å². The molecule has 4 nitrogen and oxygen atoms in total. The highest BCUT2D eigenvalue weighted by Gasteiger charge is 2.12. The number of hydrogen-bond acceptors (Lipinski definition) is 2. The van der Waals surface area contributed by atoms with Crippen LogP contribution >= 0.6 is 24.0 Å². The molecule has 0 heterocycles. The van der Waals surface area contributed by atoms with Crippen LogP contribution < -0.4 is 10.6 Å². The van der Waals surface area contributed by atoms with Crippen LogP contribution in [0.15, 0.2) is 4.99 Å². The van der Waals surface area contributed by atoms with Crippen LogP contribution in [0.5, 0.6) is 0 Å². The van der Waals surface area contributed by atoms with E-state index in [1.54, 1.807) is 0 Å². The molecule has 21 heavy (non-hydrogen) atoms. The van der Waals surface area contributed by atoms with Gasteiger partial charge in [-0.1, -0.05) is 33.1 Å². The highest BCUT2D eigenvalue weighted by atomic mass is 127. The lowest BCUT2D eigenvalue weighted by molar-refractivity contribution is 0.0277. The number of guanidine groups is 1. The van der Waals surface area contributed by atoms with E-state index in [0.29, 0.717) is 6.10 Å². The summed E-state index contributed by atoms with van der Waals surface area (Å²) >= 11 is 0. The molecule has 0 radical (unpaired) electrons. The number of halogens is 1. The van der Waals surface area contributed by atoms with Gasteiger partial charge in [0.05, 0.1) is 6.10 Å². The van der Waals surface area contributed by atoms with Crippen LogP contribution in [0.1, 0.15) is 58.8 Å². The minimum atomic E-state index is 0. The molecule has 0 amide bonds. The number of nitrogens with one attached hydrogen (secondary N) is 2. The molecule has 2 N–H and O–H groups in total. The van der Waals surface area contributed by atoms with Crippen molar-refractivity contribution in [3.05, 3.63) is 0 Å². The fourth-order valence-electron chi connectivity index (χ4n) is 2.46. The fraction of sp³-hybridized carbons (Fsp3) is 0.938. The highest BCUT2D eigenvalue weighted by Crippen LogP contribution is 2.20. The summed E-state index contributed by atoms with van der Waals surface area (Å²) in [5.74, 6) is 1.63. The first-order chi connectivity index (χ1) is 9.72. The van der Waals surface area contributed by atoms with Crippen LogP contribution in [0.2, 0.25) is 0 Å². The first-order valence-electron chi connectivity index (χ1n) is 8.28. The molecule has 5 heteroatoms.